The van der Waals surface area contributed by atoms with Gasteiger partial charge >= 0.3 is 5.97 Å². The summed E-state index contributed by atoms with van der Waals surface area (Å²) < 4.78 is 0. The number of hydroxylamine groups is 2. The van der Waals surface area contributed by atoms with Crippen LogP contribution in [0.2, 0.25) is 0 Å². The van der Waals surface area contributed by atoms with Crippen LogP contribution in [0.5, 0.6) is 0 Å². The van der Waals surface area contributed by atoms with Crippen molar-refractivity contribution < 1.29 is 33.9 Å². The first kappa shape index (κ1) is 18.0. The van der Waals surface area contributed by atoms with Gasteiger partial charge in [0, 0.05) is 19.3 Å². The highest BCUT2D eigenvalue weighted by Crippen LogP contribution is 2.26. The normalized spacial score (nSPS) is 27.5. The highest BCUT2D eigenvalue weighted by Gasteiger charge is 2.53. The van der Waals surface area contributed by atoms with Crippen molar-refractivity contribution >= 4 is 29.5 Å². The van der Waals surface area contributed by atoms with Crippen LogP contribution in [0.25, 0.3) is 0 Å². The number of carboxylic acid groups (broad SMARTS) is 1. The fraction of sp³-hybridized carbons (Fsp3) is 0.643. The van der Waals surface area contributed by atoms with Crippen molar-refractivity contribution in [3.8, 4) is 0 Å². The molecule has 2 aliphatic heterocycles. The third-order valence-electron chi connectivity index (χ3n) is 4.09. The second-order valence-corrected chi connectivity index (χ2v) is 5.75. The van der Waals surface area contributed by atoms with E-state index in [9.17, 15) is 29.1 Å². The average molecular weight is 341 g/mol. The number of nitrogens with zero attached hydrogens (tertiary/aromatic N) is 1. The SMILES string of the molecule is NCCCC[C@@]1(C(=O)O)NC(=O)C(ON2C(=O)CCC2=O)CC1=O. The van der Waals surface area contributed by atoms with Crippen molar-refractivity contribution in [2.45, 2.75) is 50.2 Å². The van der Waals surface area contributed by atoms with Gasteiger partial charge < -0.3 is 16.2 Å². The molecule has 2 rings (SSSR count). The summed E-state index contributed by atoms with van der Waals surface area (Å²) in [6, 6.07) is 0. The van der Waals surface area contributed by atoms with Crippen LogP contribution in [-0.4, -0.2) is 57.8 Å². The third kappa shape index (κ3) is 3.29. The number of amides is 3. The molecule has 2 atom stereocenters. The van der Waals surface area contributed by atoms with Crippen LogP contribution >= 0.6 is 0 Å². The summed E-state index contributed by atoms with van der Waals surface area (Å²) >= 11 is 0. The Labute approximate surface area is 137 Å². The number of carbonyl (C=O) groups is 5. The van der Waals surface area contributed by atoms with E-state index < -0.39 is 47.5 Å². The van der Waals surface area contributed by atoms with Crippen LogP contribution < -0.4 is 11.1 Å². The Morgan fingerprint density at radius 1 is 1.25 bits per heavy atom. The zero-order chi connectivity index (χ0) is 17.9. The van der Waals surface area contributed by atoms with Gasteiger partial charge in [-0.3, -0.25) is 19.2 Å². The number of piperidine rings is 1. The maximum absolute atomic E-state index is 12.3. The molecule has 24 heavy (non-hydrogen) atoms. The number of nitrogens with one attached hydrogen (secondary N) is 1. The Hall–Kier alpha value is -2.33. The Morgan fingerprint density at radius 3 is 2.42 bits per heavy atom. The second kappa shape index (κ2) is 7.05. The summed E-state index contributed by atoms with van der Waals surface area (Å²) in [6.07, 6.45) is -1.22. The lowest BCUT2D eigenvalue weighted by Gasteiger charge is -2.36. The summed E-state index contributed by atoms with van der Waals surface area (Å²) in [7, 11) is 0. The van der Waals surface area contributed by atoms with E-state index in [1.54, 1.807) is 0 Å². The minimum Gasteiger partial charge on any atom is -0.479 e. The van der Waals surface area contributed by atoms with Crippen LogP contribution in [0.1, 0.15) is 38.5 Å². The molecule has 10 nitrogen and oxygen atoms in total. The molecule has 0 aromatic heterocycles. The number of Topliss-reactive ketones (excluding diaryl/α,β-unsaturated/α-hetero) is 1. The van der Waals surface area contributed by atoms with Gasteiger partial charge in [-0.1, -0.05) is 0 Å². The first-order valence-electron chi connectivity index (χ1n) is 7.63. The Bertz CT molecular complexity index is 575. The van der Waals surface area contributed by atoms with E-state index in [4.69, 9.17) is 10.6 Å². The van der Waals surface area contributed by atoms with Crippen molar-refractivity contribution in [3.63, 3.8) is 0 Å². The quantitative estimate of drug-likeness (QED) is 0.286. The smallest absolute Gasteiger partial charge is 0.337 e. The van der Waals surface area contributed by atoms with E-state index in [2.05, 4.69) is 5.32 Å². The lowest BCUT2D eigenvalue weighted by atomic mass is 9.82. The molecule has 4 N–H and O–H groups in total. The lowest BCUT2D eigenvalue weighted by molar-refractivity contribution is -0.208. The van der Waals surface area contributed by atoms with E-state index >= 15 is 0 Å². The standard InChI is InChI=1S/C14H19N3O7/c15-6-2-1-5-14(13(22)23)9(18)7-8(12(21)16-14)24-17-10(19)3-4-11(17)20/h8H,1-7,15H2,(H,16,21)(H,22,23)/t8?,14-/m1/s1. The monoisotopic (exact) mass is 341 g/mol. The van der Waals surface area contributed by atoms with Crippen LogP contribution in [-0.2, 0) is 28.8 Å². The minimum atomic E-state index is -2.02. The molecule has 0 aromatic rings. The molecule has 2 aliphatic rings. The highest BCUT2D eigenvalue weighted by molar-refractivity contribution is 6.14. The fourth-order valence-electron chi connectivity index (χ4n) is 2.70. The molecule has 0 saturated carbocycles. The molecular formula is C14H19N3O7. The highest BCUT2D eigenvalue weighted by atomic mass is 16.7. The van der Waals surface area contributed by atoms with Gasteiger partial charge in [-0.25, -0.2) is 9.63 Å². The molecule has 1 unspecified atom stereocenters. The molecule has 10 heteroatoms. The average Bonchev–Trinajstić information content (AvgIpc) is 2.83. The summed E-state index contributed by atoms with van der Waals surface area (Å²) in [5.74, 6) is -4.24. The van der Waals surface area contributed by atoms with Crippen molar-refractivity contribution in [2.75, 3.05) is 6.54 Å². The number of nitrogens with two attached hydrogens (primary N) is 1. The van der Waals surface area contributed by atoms with Gasteiger partial charge in [0.05, 0.1) is 0 Å². The summed E-state index contributed by atoms with van der Waals surface area (Å²) in [6.45, 7) is 0.336. The largest absolute Gasteiger partial charge is 0.479 e. The van der Waals surface area contributed by atoms with E-state index in [1.165, 1.54) is 0 Å². The van der Waals surface area contributed by atoms with Crippen LogP contribution in [0.4, 0.5) is 0 Å². The number of carboxylic acids is 1. The number of imide groups is 1. The van der Waals surface area contributed by atoms with Crippen LogP contribution in [0.3, 0.4) is 0 Å². The maximum Gasteiger partial charge on any atom is 0.337 e. The molecule has 2 saturated heterocycles. The second-order valence-electron chi connectivity index (χ2n) is 5.75. The summed E-state index contributed by atoms with van der Waals surface area (Å²) in [4.78, 5) is 64.1. The van der Waals surface area contributed by atoms with Gasteiger partial charge in [0.15, 0.2) is 17.4 Å². The Kier molecular flexibility index (Phi) is 5.30. The molecule has 0 spiro atoms. The van der Waals surface area contributed by atoms with Crippen molar-refractivity contribution in [2.24, 2.45) is 5.73 Å². The van der Waals surface area contributed by atoms with E-state index in [0.717, 1.165) is 0 Å². The molecule has 2 fully saturated rings. The maximum atomic E-state index is 12.3. The molecular weight excluding hydrogens is 322 g/mol. The minimum absolute atomic E-state index is 0.0285. The molecule has 132 valence electrons. The van der Waals surface area contributed by atoms with E-state index in [-0.39, 0.29) is 19.3 Å². The van der Waals surface area contributed by atoms with Gasteiger partial charge in [0.25, 0.3) is 17.7 Å². The zero-order valence-electron chi connectivity index (χ0n) is 12.9. The van der Waals surface area contributed by atoms with Crippen molar-refractivity contribution in [1.29, 1.82) is 0 Å². The summed E-state index contributed by atoms with van der Waals surface area (Å²) in [5, 5.41) is 12.1. The number of carbonyl (C=O) groups excluding carboxylic acids is 4. The number of unbranched alkanes of at least 4 members (excludes halogenated alkanes) is 1. The van der Waals surface area contributed by atoms with Crippen LogP contribution in [0, 0.1) is 0 Å². The lowest BCUT2D eigenvalue weighted by Crippen LogP contribution is -2.67. The van der Waals surface area contributed by atoms with E-state index in [0.29, 0.717) is 24.4 Å². The van der Waals surface area contributed by atoms with Gasteiger partial charge in [-0.05, 0) is 25.8 Å². The summed E-state index contributed by atoms with van der Waals surface area (Å²) in [5.41, 5.74) is 3.33. The molecule has 2 heterocycles. The topological polar surface area (TPSA) is 156 Å². The number of aliphatic carboxylic acids is 1. The molecule has 0 bridgehead atoms. The van der Waals surface area contributed by atoms with E-state index in [1.807, 2.05) is 0 Å². The number of hydrogen-bond acceptors (Lipinski definition) is 7. The number of ketones is 1. The van der Waals surface area contributed by atoms with Gasteiger partial charge in [-0.2, -0.15) is 5.06 Å². The van der Waals surface area contributed by atoms with Crippen molar-refractivity contribution in [1.82, 2.24) is 10.4 Å². The first-order chi connectivity index (χ1) is 11.3. The molecule has 3 amide bonds. The number of hydrogen-bond donors (Lipinski definition) is 3. The van der Waals surface area contributed by atoms with Crippen molar-refractivity contribution in [3.05, 3.63) is 0 Å². The van der Waals surface area contributed by atoms with Gasteiger partial charge in [0.2, 0.25) is 0 Å². The fourth-order valence-corrected chi connectivity index (χ4v) is 2.70. The Balaban J connectivity index is 2.10. The zero-order valence-corrected chi connectivity index (χ0v) is 12.9. The number of rotatable bonds is 7. The van der Waals surface area contributed by atoms with Crippen LogP contribution in [0.15, 0.2) is 0 Å². The predicted molar refractivity (Wildman–Crippen MR) is 77.0 cm³/mol. The molecule has 0 radical (unpaired) electrons. The van der Waals surface area contributed by atoms with Gasteiger partial charge in [-0.15, -0.1) is 0 Å². The molecule has 0 aliphatic carbocycles. The van der Waals surface area contributed by atoms with Gasteiger partial charge in [0.1, 0.15) is 0 Å². The predicted octanol–water partition coefficient (Wildman–Crippen LogP) is -1.52. The first-order valence-corrected chi connectivity index (χ1v) is 7.63. The molecule has 0 aromatic carbocycles. The Morgan fingerprint density at radius 2 is 1.88 bits per heavy atom. The third-order valence-corrected chi connectivity index (χ3v) is 4.09.